The molecule has 4 atom stereocenters. The van der Waals surface area contributed by atoms with E-state index < -0.39 is 0 Å². The summed E-state index contributed by atoms with van der Waals surface area (Å²) in [5.74, 6) is 0.455. The number of thiophene rings is 1. The molecule has 42 heavy (non-hydrogen) atoms. The molecule has 5 heteroatoms. The molecule has 0 aliphatic carbocycles. The van der Waals surface area contributed by atoms with E-state index in [1.807, 2.05) is 42.5 Å². The summed E-state index contributed by atoms with van der Waals surface area (Å²) >= 11 is 1.78. The fourth-order valence-electron chi connectivity index (χ4n) is 5.92. The number of rotatable bonds is 10. The Bertz CT molecular complexity index is 1560. The van der Waals surface area contributed by atoms with E-state index in [1.165, 1.54) is 15.0 Å². The van der Waals surface area contributed by atoms with Gasteiger partial charge in [0, 0.05) is 28.3 Å². The summed E-state index contributed by atoms with van der Waals surface area (Å²) in [5, 5.41) is 12.2. The molecule has 1 aromatic heterocycles. The van der Waals surface area contributed by atoms with Crippen LogP contribution in [0.3, 0.4) is 0 Å². The maximum Gasteiger partial charge on any atom is 0.119 e. The van der Waals surface area contributed by atoms with Crippen LogP contribution in [0.15, 0.2) is 103 Å². The normalized spacial score (nSPS) is 20.6. The molecule has 0 bridgehead atoms. The second-order valence-electron chi connectivity index (χ2n) is 11.4. The highest BCUT2D eigenvalue weighted by molar-refractivity contribution is 7.19. The molecule has 1 fully saturated rings. The Balaban J connectivity index is 1.24. The highest BCUT2D eigenvalue weighted by Crippen LogP contribution is 2.41. The lowest BCUT2D eigenvalue weighted by Gasteiger charge is -2.41. The Morgan fingerprint density at radius 3 is 2.29 bits per heavy atom. The number of benzene rings is 4. The topological polar surface area (TPSA) is 47.9 Å². The van der Waals surface area contributed by atoms with Crippen molar-refractivity contribution < 1.29 is 19.3 Å². The molecule has 5 aromatic rings. The predicted octanol–water partition coefficient (Wildman–Crippen LogP) is 8.77. The van der Waals surface area contributed by atoms with Gasteiger partial charge in [-0.05, 0) is 64.4 Å². The maximum atomic E-state index is 11.0. The van der Waals surface area contributed by atoms with Crippen molar-refractivity contribution in [3.8, 4) is 5.75 Å². The summed E-state index contributed by atoms with van der Waals surface area (Å²) < 4.78 is 20.8. The molecule has 0 amide bonds. The van der Waals surface area contributed by atoms with Gasteiger partial charge in [-0.15, -0.1) is 11.3 Å². The first-order valence-corrected chi connectivity index (χ1v) is 15.6. The van der Waals surface area contributed by atoms with Crippen LogP contribution in [0.4, 0.5) is 0 Å². The quantitative estimate of drug-likeness (QED) is 0.180. The van der Waals surface area contributed by atoms with E-state index in [4.69, 9.17) is 14.2 Å². The fourth-order valence-corrected chi connectivity index (χ4v) is 7.00. The van der Waals surface area contributed by atoms with Crippen LogP contribution < -0.4 is 0 Å². The lowest BCUT2D eigenvalue weighted by atomic mass is 9.84. The van der Waals surface area contributed by atoms with Crippen molar-refractivity contribution >= 4 is 21.4 Å². The van der Waals surface area contributed by atoms with Gasteiger partial charge in [-0.2, -0.15) is 0 Å². The number of hydrogen-bond donors (Lipinski definition) is 1. The van der Waals surface area contributed by atoms with Crippen molar-refractivity contribution in [3.05, 3.63) is 136 Å². The summed E-state index contributed by atoms with van der Waals surface area (Å²) in [6.45, 7) is 5.89. The minimum Gasteiger partial charge on any atom is -0.508 e. The third-order valence-electron chi connectivity index (χ3n) is 8.24. The molecule has 1 aliphatic heterocycles. The second-order valence-corrected chi connectivity index (χ2v) is 12.5. The molecule has 1 N–H and O–H groups in total. The van der Waals surface area contributed by atoms with E-state index in [1.54, 1.807) is 11.3 Å². The smallest absolute Gasteiger partial charge is 0.119 e. The lowest BCUT2D eigenvalue weighted by Crippen LogP contribution is -2.41. The van der Waals surface area contributed by atoms with Crippen molar-refractivity contribution in [2.75, 3.05) is 6.61 Å². The molecule has 1 saturated heterocycles. The Kier molecular flexibility index (Phi) is 9.01. The second kappa shape index (κ2) is 13.2. The Morgan fingerprint density at radius 2 is 1.55 bits per heavy atom. The number of phenols is 1. The van der Waals surface area contributed by atoms with Crippen LogP contribution in [0, 0.1) is 12.8 Å². The Labute approximate surface area is 252 Å². The van der Waals surface area contributed by atoms with Crippen LogP contribution in [-0.4, -0.2) is 23.9 Å². The summed E-state index contributed by atoms with van der Waals surface area (Å²) in [4.78, 5) is 1.23. The lowest BCUT2D eigenvalue weighted by molar-refractivity contribution is -0.171. The van der Waals surface area contributed by atoms with Crippen LogP contribution in [-0.2, 0) is 33.8 Å². The molecule has 0 radical (unpaired) electrons. The summed E-state index contributed by atoms with van der Waals surface area (Å²) in [6.07, 6.45) is 1.18. The van der Waals surface area contributed by atoms with Gasteiger partial charge in [0.25, 0.3) is 0 Å². The third kappa shape index (κ3) is 6.77. The summed E-state index contributed by atoms with van der Waals surface area (Å²) in [6, 6.07) is 35.3. The van der Waals surface area contributed by atoms with Gasteiger partial charge in [0.1, 0.15) is 5.75 Å². The third-order valence-corrected chi connectivity index (χ3v) is 9.35. The van der Waals surface area contributed by atoms with Gasteiger partial charge in [-0.3, -0.25) is 0 Å². The Hall–Kier alpha value is -3.48. The number of ether oxygens (including phenoxy) is 3. The van der Waals surface area contributed by atoms with Gasteiger partial charge < -0.3 is 19.3 Å². The minimum absolute atomic E-state index is 0.00790. The van der Waals surface area contributed by atoms with E-state index in [9.17, 15) is 5.11 Å². The first-order chi connectivity index (χ1) is 20.5. The van der Waals surface area contributed by atoms with Crippen molar-refractivity contribution in [2.24, 2.45) is 5.92 Å². The molecule has 0 spiro atoms. The highest BCUT2D eigenvalue weighted by Gasteiger charge is 2.38. The zero-order valence-corrected chi connectivity index (χ0v) is 25.1. The van der Waals surface area contributed by atoms with Crippen LogP contribution in [0.2, 0.25) is 0 Å². The first kappa shape index (κ1) is 28.6. The summed E-state index contributed by atoms with van der Waals surface area (Å²) in [5.41, 5.74) is 5.36. The van der Waals surface area contributed by atoms with Crippen molar-refractivity contribution in [2.45, 2.75) is 58.2 Å². The van der Waals surface area contributed by atoms with Gasteiger partial charge >= 0.3 is 0 Å². The van der Waals surface area contributed by atoms with E-state index in [0.717, 1.165) is 34.2 Å². The van der Waals surface area contributed by atoms with Crippen molar-refractivity contribution in [1.82, 2.24) is 0 Å². The van der Waals surface area contributed by atoms with Crippen molar-refractivity contribution in [3.63, 3.8) is 0 Å². The van der Waals surface area contributed by atoms with Crippen LogP contribution in [0.1, 0.15) is 52.1 Å². The fraction of sp³-hybridized carbons (Fsp3) is 0.297. The zero-order chi connectivity index (χ0) is 28.9. The molecule has 4 aromatic carbocycles. The Morgan fingerprint density at radius 1 is 0.857 bits per heavy atom. The molecule has 1 unspecified atom stereocenters. The number of phenolic OH excluding ortho intramolecular Hbond substituents is 1. The molecule has 4 nitrogen and oxygen atoms in total. The molecule has 0 saturated carbocycles. The predicted molar refractivity (Wildman–Crippen MR) is 170 cm³/mol. The molecule has 1 aliphatic rings. The highest BCUT2D eigenvalue weighted by atomic mass is 32.1. The number of fused-ring (bicyclic) bond motifs is 1. The number of aromatic hydroxyl groups is 1. The molecule has 6 rings (SSSR count). The van der Waals surface area contributed by atoms with Crippen LogP contribution >= 0.6 is 11.3 Å². The monoisotopic (exact) mass is 578 g/mol. The minimum atomic E-state index is -0.174. The number of aryl methyl sites for hydroxylation is 1. The number of hydrogen-bond acceptors (Lipinski definition) is 5. The summed E-state index contributed by atoms with van der Waals surface area (Å²) in [7, 11) is 0. The van der Waals surface area contributed by atoms with E-state index in [2.05, 4.69) is 74.5 Å². The van der Waals surface area contributed by atoms with E-state index >= 15 is 0 Å². The van der Waals surface area contributed by atoms with Gasteiger partial charge in [0.15, 0.2) is 0 Å². The molecule has 216 valence electrons. The SMILES string of the molecule is Cc1cc(O)c(Cc2cc3ccccc3s2)cc1[C@@H]1O[C@H](COCc2ccccc2)C[C@H](OCc2ccccc2)C1C. The van der Waals surface area contributed by atoms with Crippen molar-refractivity contribution in [1.29, 1.82) is 0 Å². The standard InChI is InChI=1S/C37H38O4S/c1-25-17-34(38)30(19-32-18-29-15-9-10-16-36(29)42-32)20-33(25)37-26(2)35(40-23-28-13-7-4-8-14-28)21-31(41-37)24-39-22-27-11-5-3-6-12-27/h3-18,20,26,31,35,37-38H,19,21-24H2,1-2H3/t26?,31-,35-,37+/m0/s1. The van der Waals surface area contributed by atoms with Gasteiger partial charge in [0.2, 0.25) is 0 Å². The van der Waals surface area contributed by atoms with Gasteiger partial charge in [0.05, 0.1) is 38.1 Å². The van der Waals surface area contributed by atoms with Gasteiger partial charge in [-0.1, -0.05) is 85.8 Å². The average Bonchev–Trinajstić information content (AvgIpc) is 3.42. The van der Waals surface area contributed by atoms with E-state index in [-0.39, 0.29) is 24.2 Å². The molecule has 2 heterocycles. The maximum absolute atomic E-state index is 11.0. The largest absolute Gasteiger partial charge is 0.508 e. The molecular formula is C37H38O4S. The zero-order valence-electron chi connectivity index (χ0n) is 24.2. The van der Waals surface area contributed by atoms with E-state index in [0.29, 0.717) is 32.0 Å². The average molecular weight is 579 g/mol. The first-order valence-electron chi connectivity index (χ1n) is 14.8. The van der Waals surface area contributed by atoms with Crippen LogP contribution in [0.25, 0.3) is 10.1 Å². The van der Waals surface area contributed by atoms with Gasteiger partial charge in [-0.25, -0.2) is 0 Å². The van der Waals surface area contributed by atoms with Crippen LogP contribution in [0.5, 0.6) is 5.75 Å². The molecular weight excluding hydrogens is 540 g/mol.